The minimum absolute atomic E-state index is 0.296. The fourth-order valence-corrected chi connectivity index (χ4v) is 3.15. The van der Waals surface area contributed by atoms with Crippen LogP contribution in [0, 0.1) is 0 Å². The van der Waals surface area contributed by atoms with Crippen molar-refractivity contribution in [3.63, 3.8) is 0 Å². The monoisotopic (exact) mass is 334 g/mol. The minimum Gasteiger partial charge on any atom is -0.309 e. The van der Waals surface area contributed by atoms with E-state index in [9.17, 15) is 8.42 Å². The minimum atomic E-state index is -3.38. The topological polar surface area (TPSA) is 49.4 Å². The summed E-state index contributed by atoms with van der Waals surface area (Å²) in [6.07, 6.45) is 1.82. The average molecular weight is 335 g/mol. The molecule has 0 bridgehead atoms. The molecule has 1 rings (SSSR count). The van der Waals surface area contributed by atoms with Gasteiger partial charge in [-0.15, -0.1) is 0 Å². The van der Waals surface area contributed by atoms with Crippen molar-refractivity contribution in [3.05, 3.63) is 28.7 Å². The maximum absolute atomic E-state index is 11.9. The smallest absolute Gasteiger partial charge is 0.240 e. The van der Waals surface area contributed by atoms with Crippen molar-refractivity contribution < 1.29 is 8.42 Å². The summed E-state index contributed by atoms with van der Waals surface area (Å²) in [4.78, 5) is 2.38. The second-order valence-corrected chi connectivity index (χ2v) is 7.05. The van der Waals surface area contributed by atoms with Gasteiger partial charge in [0.25, 0.3) is 0 Å². The van der Waals surface area contributed by atoms with Gasteiger partial charge in [0.15, 0.2) is 0 Å². The molecular weight excluding hydrogens is 316 g/mol. The van der Waals surface area contributed by atoms with Crippen LogP contribution in [0.4, 0.5) is 0 Å². The number of hydrogen-bond donors (Lipinski definition) is 1. The van der Waals surface area contributed by atoms with Crippen molar-refractivity contribution in [2.24, 2.45) is 0 Å². The maximum atomic E-state index is 11.9. The molecule has 0 atom stereocenters. The Labute approximate surface area is 118 Å². The molecule has 0 saturated carbocycles. The Morgan fingerprint density at radius 2 is 2.00 bits per heavy atom. The number of benzene rings is 1. The Hall–Kier alpha value is -0.430. The number of halogens is 1. The van der Waals surface area contributed by atoms with Gasteiger partial charge in [-0.2, -0.15) is 0 Å². The van der Waals surface area contributed by atoms with Crippen LogP contribution in [-0.2, 0) is 10.0 Å². The van der Waals surface area contributed by atoms with Gasteiger partial charge in [0.2, 0.25) is 10.0 Å². The van der Waals surface area contributed by atoms with Crippen LogP contribution in [0.25, 0.3) is 0 Å². The van der Waals surface area contributed by atoms with Crippen molar-refractivity contribution in [3.8, 4) is 0 Å². The Bertz CT molecular complexity index is 475. The molecule has 0 aliphatic rings. The molecule has 102 valence electrons. The van der Waals surface area contributed by atoms with E-state index in [1.54, 1.807) is 24.3 Å². The molecule has 0 aliphatic carbocycles. The summed E-state index contributed by atoms with van der Waals surface area (Å²) < 4.78 is 27.2. The Balaban J connectivity index is 2.46. The second kappa shape index (κ2) is 7.23. The van der Waals surface area contributed by atoms with Gasteiger partial charge in [-0.1, -0.05) is 22.0 Å². The molecule has 0 aromatic heterocycles. The molecule has 0 radical (unpaired) electrons. The van der Waals surface area contributed by atoms with Crippen LogP contribution in [0.3, 0.4) is 0 Å². The van der Waals surface area contributed by atoms with Crippen LogP contribution >= 0.6 is 15.9 Å². The van der Waals surface area contributed by atoms with E-state index < -0.39 is 10.0 Å². The first-order chi connectivity index (χ1) is 8.42. The average Bonchev–Trinajstić information content (AvgIpc) is 2.28. The summed E-state index contributed by atoms with van der Waals surface area (Å²) in [5, 5.41) is 0. The highest BCUT2D eigenvalue weighted by molar-refractivity contribution is 9.10. The molecule has 1 aromatic rings. The lowest BCUT2D eigenvalue weighted by Crippen LogP contribution is -2.25. The molecule has 0 fully saturated rings. The van der Waals surface area contributed by atoms with Gasteiger partial charge in [0.1, 0.15) is 0 Å². The van der Waals surface area contributed by atoms with Crippen LogP contribution in [0.2, 0.25) is 0 Å². The first kappa shape index (κ1) is 15.6. The first-order valence-electron chi connectivity index (χ1n) is 5.82. The summed E-state index contributed by atoms with van der Waals surface area (Å²) in [6, 6.07) is 6.70. The SMILES string of the molecule is CN(C)CCCCNS(=O)(=O)c1cccc(Br)c1. The predicted octanol–water partition coefficient (Wildman–Crippen LogP) is 2.07. The third-order valence-corrected chi connectivity index (χ3v) is 4.38. The van der Waals surface area contributed by atoms with E-state index in [1.165, 1.54) is 0 Å². The fraction of sp³-hybridized carbons (Fsp3) is 0.500. The maximum Gasteiger partial charge on any atom is 0.240 e. The van der Waals surface area contributed by atoms with Crippen molar-refractivity contribution in [2.45, 2.75) is 17.7 Å². The van der Waals surface area contributed by atoms with Gasteiger partial charge in [0.05, 0.1) is 4.90 Å². The van der Waals surface area contributed by atoms with Gasteiger partial charge >= 0.3 is 0 Å². The lowest BCUT2D eigenvalue weighted by atomic mass is 10.3. The molecule has 0 saturated heterocycles. The van der Waals surface area contributed by atoms with E-state index in [2.05, 4.69) is 25.6 Å². The van der Waals surface area contributed by atoms with Crippen LogP contribution < -0.4 is 4.72 Å². The third-order valence-electron chi connectivity index (χ3n) is 2.43. The van der Waals surface area contributed by atoms with E-state index in [0.717, 1.165) is 23.9 Å². The highest BCUT2D eigenvalue weighted by Crippen LogP contribution is 2.15. The summed E-state index contributed by atoms with van der Waals surface area (Å²) in [5.74, 6) is 0. The van der Waals surface area contributed by atoms with E-state index in [1.807, 2.05) is 14.1 Å². The van der Waals surface area contributed by atoms with Crippen molar-refractivity contribution >= 4 is 26.0 Å². The number of rotatable bonds is 7. The van der Waals surface area contributed by atoms with E-state index in [-0.39, 0.29) is 0 Å². The molecule has 0 heterocycles. The van der Waals surface area contributed by atoms with E-state index >= 15 is 0 Å². The standard InChI is InChI=1S/C12H19BrN2O2S/c1-15(2)9-4-3-8-14-18(16,17)12-7-5-6-11(13)10-12/h5-7,10,14H,3-4,8-9H2,1-2H3. The summed E-state index contributed by atoms with van der Waals surface area (Å²) >= 11 is 3.27. The number of hydrogen-bond acceptors (Lipinski definition) is 3. The number of unbranched alkanes of at least 4 members (excludes halogenated alkanes) is 1. The predicted molar refractivity (Wildman–Crippen MR) is 77.1 cm³/mol. The molecule has 1 aromatic carbocycles. The normalized spacial score (nSPS) is 12.0. The largest absolute Gasteiger partial charge is 0.309 e. The molecule has 4 nitrogen and oxygen atoms in total. The Morgan fingerprint density at radius 3 is 2.61 bits per heavy atom. The summed E-state index contributed by atoms with van der Waals surface area (Å²) in [7, 11) is 0.634. The van der Waals surface area contributed by atoms with E-state index in [4.69, 9.17) is 0 Å². The van der Waals surface area contributed by atoms with Crippen LogP contribution in [0.15, 0.2) is 33.6 Å². The fourth-order valence-electron chi connectivity index (χ4n) is 1.48. The van der Waals surface area contributed by atoms with Crippen molar-refractivity contribution in [1.29, 1.82) is 0 Å². The molecule has 0 spiro atoms. The highest BCUT2D eigenvalue weighted by atomic mass is 79.9. The highest BCUT2D eigenvalue weighted by Gasteiger charge is 2.12. The van der Waals surface area contributed by atoms with Crippen molar-refractivity contribution in [1.82, 2.24) is 9.62 Å². The third kappa shape index (κ3) is 5.48. The first-order valence-corrected chi connectivity index (χ1v) is 8.09. The summed E-state index contributed by atoms with van der Waals surface area (Å²) in [5.41, 5.74) is 0. The van der Waals surface area contributed by atoms with Gasteiger partial charge in [0, 0.05) is 11.0 Å². The van der Waals surface area contributed by atoms with Gasteiger partial charge < -0.3 is 4.90 Å². The molecule has 1 N–H and O–H groups in total. The number of nitrogens with one attached hydrogen (secondary N) is 1. The molecule has 0 aliphatic heterocycles. The Kier molecular flexibility index (Phi) is 6.28. The van der Waals surface area contributed by atoms with Crippen LogP contribution in [-0.4, -0.2) is 40.5 Å². The molecule has 0 amide bonds. The zero-order valence-electron chi connectivity index (χ0n) is 10.7. The Morgan fingerprint density at radius 1 is 1.28 bits per heavy atom. The zero-order chi connectivity index (χ0) is 13.6. The molecule has 18 heavy (non-hydrogen) atoms. The van der Waals surface area contributed by atoms with Crippen LogP contribution in [0.5, 0.6) is 0 Å². The summed E-state index contributed by atoms with van der Waals surface area (Å²) in [6.45, 7) is 1.45. The van der Waals surface area contributed by atoms with Gasteiger partial charge in [-0.3, -0.25) is 0 Å². The lowest BCUT2D eigenvalue weighted by molar-refractivity contribution is 0.394. The lowest BCUT2D eigenvalue weighted by Gasteiger charge is -2.10. The van der Waals surface area contributed by atoms with Gasteiger partial charge in [-0.25, -0.2) is 13.1 Å². The number of nitrogens with zero attached hydrogens (tertiary/aromatic N) is 1. The van der Waals surface area contributed by atoms with Crippen molar-refractivity contribution in [2.75, 3.05) is 27.2 Å². The van der Waals surface area contributed by atoms with Gasteiger partial charge in [-0.05, 0) is 51.7 Å². The second-order valence-electron chi connectivity index (χ2n) is 4.37. The zero-order valence-corrected chi connectivity index (χ0v) is 13.1. The molecule has 0 unspecified atom stereocenters. The molecule has 6 heteroatoms. The van der Waals surface area contributed by atoms with Crippen LogP contribution in [0.1, 0.15) is 12.8 Å². The molecular formula is C12H19BrN2O2S. The quantitative estimate of drug-likeness (QED) is 0.776. The van der Waals surface area contributed by atoms with E-state index in [0.29, 0.717) is 11.4 Å². The number of sulfonamides is 1.